The minimum atomic E-state index is -3.35. The monoisotopic (exact) mass is 479 g/mol. The number of pyridine rings is 1. The molecule has 0 saturated heterocycles. The van der Waals surface area contributed by atoms with E-state index in [1.165, 1.54) is 11.3 Å². The average molecular weight is 480 g/mol. The molecule has 0 atom stereocenters. The zero-order valence-corrected chi connectivity index (χ0v) is 20.4. The molecule has 0 unspecified atom stereocenters. The van der Waals surface area contributed by atoms with Gasteiger partial charge in [0.1, 0.15) is 0 Å². The van der Waals surface area contributed by atoms with E-state index in [1.807, 2.05) is 37.3 Å². The molecule has 1 amide bonds. The van der Waals surface area contributed by atoms with E-state index in [4.69, 9.17) is 4.98 Å². The molecule has 0 saturated carbocycles. The summed E-state index contributed by atoms with van der Waals surface area (Å²) in [6.45, 7) is 5.64. The third kappa shape index (κ3) is 5.12. The lowest BCUT2D eigenvalue weighted by Gasteiger charge is -2.19. The van der Waals surface area contributed by atoms with Crippen LogP contribution in [-0.4, -0.2) is 29.5 Å². The van der Waals surface area contributed by atoms with E-state index in [2.05, 4.69) is 11.1 Å². The molecule has 8 heteroatoms. The number of benzene rings is 2. The van der Waals surface area contributed by atoms with Gasteiger partial charge in [-0.1, -0.05) is 35.6 Å². The van der Waals surface area contributed by atoms with Crippen LogP contribution in [0.1, 0.15) is 30.7 Å². The van der Waals surface area contributed by atoms with Gasteiger partial charge in [0.15, 0.2) is 15.0 Å². The van der Waals surface area contributed by atoms with Gasteiger partial charge in [-0.25, -0.2) is 13.4 Å². The van der Waals surface area contributed by atoms with Crippen LogP contribution in [0.3, 0.4) is 0 Å². The molecular formula is C25H25N3O3S2. The molecule has 0 spiro atoms. The molecule has 2 aromatic heterocycles. The molecule has 0 aliphatic carbocycles. The molecule has 0 aliphatic rings. The maximum Gasteiger partial charge on any atom is 0.233 e. The highest BCUT2D eigenvalue weighted by Gasteiger charge is 2.22. The molecule has 33 heavy (non-hydrogen) atoms. The molecular weight excluding hydrogens is 454 g/mol. The number of sulfone groups is 1. The van der Waals surface area contributed by atoms with Gasteiger partial charge >= 0.3 is 0 Å². The van der Waals surface area contributed by atoms with Crippen LogP contribution in [0, 0.1) is 6.92 Å². The number of amides is 1. The zero-order chi connectivity index (χ0) is 23.6. The summed E-state index contributed by atoms with van der Waals surface area (Å²) < 4.78 is 25.8. The van der Waals surface area contributed by atoms with Crippen LogP contribution in [0.4, 0.5) is 5.13 Å². The largest absolute Gasteiger partial charge is 0.282 e. The van der Waals surface area contributed by atoms with Crippen LogP contribution < -0.4 is 4.90 Å². The molecule has 2 heterocycles. The van der Waals surface area contributed by atoms with E-state index in [1.54, 1.807) is 49.2 Å². The minimum absolute atomic E-state index is 0.129. The first-order chi connectivity index (χ1) is 15.7. The summed E-state index contributed by atoms with van der Waals surface area (Å²) in [7, 11) is -3.35. The quantitative estimate of drug-likeness (QED) is 0.374. The number of hydrogen-bond donors (Lipinski definition) is 0. The van der Waals surface area contributed by atoms with Crippen LogP contribution in [0.5, 0.6) is 0 Å². The maximum absolute atomic E-state index is 13.4. The van der Waals surface area contributed by atoms with E-state index in [0.29, 0.717) is 11.7 Å². The van der Waals surface area contributed by atoms with Crippen molar-refractivity contribution in [2.45, 2.75) is 43.9 Å². The Morgan fingerprint density at radius 3 is 2.48 bits per heavy atom. The smallest absolute Gasteiger partial charge is 0.233 e. The zero-order valence-electron chi connectivity index (χ0n) is 18.7. The van der Waals surface area contributed by atoms with Crippen LogP contribution >= 0.6 is 11.3 Å². The van der Waals surface area contributed by atoms with Crippen molar-refractivity contribution in [2.24, 2.45) is 0 Å². The Morgan fingerprint density at radius 1 is 1.06 bits per heavy atom. The fraction of sp³-hybridized carbons (Fsp3) is 0.240. The minimum Gasteiger partial charge on any atom is -0.282 e. The first-order valence-corrected chi connectivity index (χ1v) is 13.0. The molecule has 2 aromatic carbocycles. The Kier molecular flexibility index (Phi) is 6.58. The van der Waals surface area contributed by atoms with Gasteiger partial charge in [-0.3, -0.25) is 14.7 Å². The molecule has 0 aliphatic heterocycles. The molecule has 170 valence electrons. The van der Waals surface area contributed by atoms with Gasteiger partial charge in [0.25, 0.3) is 0 Å². The normalized spacial score (nSPS) is 11.8. The highest BCUT2D eigenvalue weighted by atomic mass is 32.2. The lowest BCUT2D eigenvalue weighted by atomic mass is 10.1. The van der Waals surface area contributed by atoms with Crippen LogP contribution in [-0.2, 0) is 27.6 Å². The molecule has 4 rings (SSSR count). The van der Waals surface area contributed by atoms with Crippen molar-refractivity contribution in [1.82, 2.24) is 9.97 Å². The molecule has 4 aromatic rings. The lowest BCUT2D eigenvalue weighted by Crippen LogP contribution is -2.32. The van der Waals surface area contributed by atoms with Crippen LogP contribution in [0.2, 0.25) is 0 Å². The number of nitrogens with zero attached hydrogens (tertiary/aromatic N) is 3. The maximum atomic E-state index is 13.4. The van der Waals surface area contributed by atoms with Crippen molar-refractivity contribution in [3.05, 3.63) is 83.7 Å². The van der Waals surface area contributed by atoms with Crippen molar-refractivity contribution in [2.75, 3.05) is 4.90 Å². The van der Waals surface area contributed by atoms with Crippen LogP contribution in [0.15, 0.2) is 71.8 Å². The summed E-state index contributed by atoms with van der Waals surface area (Å²) >= 11 is 1.47. The van der Waals surface area contributed by atoms with Gasteiger partial charge in [0.05, 0.1) is 39.0 Å². The predicted molar refractivity (Wildman–Crippen MR) is 132 cm³/mol. The summed E-state index contributed by atoms with van der Waals surface area (Å²) in [5, 5.41) is 0.117. The van der Waals surface area contributed by atoms with Crippen LogP contribution in [0.25, 0.3) is 10.2 Å². The third-order valence-corrected chi connectivity index (χ3v) is 8.55. The van der Waals surface area contributed by atoms with Gasteiger partial charge in [-0.05, 0) is 68.3 Å². The molecule has 0 bridgehead atoms. The second kappa shape index (κ2) is 9.41. The van der Waals surface area contributed by atoms with Crippen molar-refractivity contribution in [1.29, 1.82) is 0 Å². The van der Waals surface area contributed by atoms with Gasteiger partial charge in [-0.2, -0.15) is 0 Å². The van der Waals surface area contributed by atoms with Crippen molar-refractivity contribution < 1.29 is 13.2 Å². The van der Waals surface area contributed by atoms with Gasteiger partial charge in [-0.15, -0.1) is 0 Å². The second-order valence-electron chi connectivity index (χ2n) is 8.18. The topological polar surface area (TPSA) is 80.2 Å². The van der Waals surface area contributed by atoms with Gasteiger partial charge < -0.3 is 0 Å². The lowest BCUT2D eigenvalue weighted by molar-refractivity contribution is -0.118. The predicted octanol–water partition coefficient (Wildman–Crippen LogP) is 4.96. The highest BCUT2D eigenvalue weighted by molar-refractivity contribution is 7.92. The number of anilines is 1. The molecule has 6 nitrogen and oxygen atoms in total. The fourth-order valence-electron chi connectivity index (χ4n) is 3.39. The highest BCUT2D eigenvalue weighted by Crippen LogP contribution is 2.31. The Labute approximate surface area is 197 Å². The molecule has 0 N–H and O–H groups in total. The number of rotatable bonds is 7. The Hall–Kier alpha value is -3.10. The SMILES string of the molecule is Cc1ccc2nc(N(Cc3ccccn3)C(=O)Cc3ccc(S(=O)(=O)C(C)C)cc3)sc2c1. The fourth-order valence-corrected chi connectivity index (χ4v) is 5.53. The number of aromatic nitrogens is 2. The summed E-state index contributed by atoms with van der Waals surface area (Å²) in [5.41, 5.74) is 3.49. The molecule has 0 radical (unpaired) electrons. The first kappa shape index (κ1) is 23.1. The van der Waals surface area contributed by atoms with Crippen molar-refractivity contribution in [3.63, 3.8) is 0 Å². The summed E-state index contributed by atoms with van der Waals surface area (Å²) in [6, 6.07) is 18.2. The van der Waals surface area contributed by atoms with E-state index in [-0.39, 0.29) is 17.2 Å². The Balaban J connectivity index is 1.63. The third-order valence-electron chi connectivity index (χ3n) is 5.34. The number of carbonyl (C=O) groups excluding carboxylic acids is 1. The van der Waals surface area contributed by atoms with Crippen molar-refractivity contribution in [3.8, 4) is 0 Å². The summed E-state index contributed by atoms with van der Waals surface area (Å²) in [5.74, 6) is -0.129. The van der Waals surface area contributed by atoms with Gasteiger partial charge in [0.2, 0.25) is 5.91 Å². The average Bonchev–Trinajstić information content (AvgIpc) is 3.21. The van der Waals surface area contributed by atoms with Crippen molar-refractivity contribution >= 4 is 42.4 Å². The van der Waals surface area contributed by atoms with E-state index < -0.39 is 15.1 Å². The standard InChI is InChI=1S/C25H25N3O3S2/c1-17(2)33(30,31)21-10-8-19(9-11-21)15-24(29)28(16-20-6-4-5-13-26-20)25-27-22-12-7-18(3)14-23(22)32-25/h4-14,17H,15-16H2,1-3H3. The van der Waals surface area contributed by atoms with Gasteiger partial charge in [0, 0.05) is 6.20 Å². The van der Waals surface area contributed by atoms with E-state index >= 15 is 0 Å². The van der Waals surface area contributed by atoms with E-state index in [9.17, 15) is 13.2 Å². The number of aryl methyl sites for hydroxylation is 1. The Morgan fingerprint density at radius 2 is 1.82 bits per heavy atom. The second-order valence-corrected chi connectivity index (χ2v) is 11.7. The first-order valence-electron chi connectivity index (χ1n) is 10.6. The summed E-state index contributed by atoms with van der Waals surface area (Å²) in [6.07, 6.45) is 1.83. The number of hydrogen-bond acceptors (Lipinski definition) is 6. The number of thiazole rings is 1. The summed E-state index contributed by atoms with van der Waals surface area (Å²) in [4.78, 5) is 24.4. The van der Waals surface area contributed by atoms with E-state index in [0.717, 1.165) is 27.0 Å². The molecule has 0 fully saturated rings. The number of fused-ring (bicyclic) bond motifs is 1. The number of carbonyl (C=O) groups is 1. The Bertz CT molecular complexity index is 1380.